The molecule has 1 fully saturated rings. The first-order chi connectivity index (χ1) is 13.7. The number of fused-ring (bicyclic) bond motifs is 3. The molecule has 0 radical (unpaired) electrons. The summed E-state index contributed by atoms with van der Waals surface area (Å²) in [5, 5.41) is 2.99. The SMILES string of the molecule is COc1cc(NC(=O)N2CC3CCCN3c3ccccc32)cc(OC)c1OC. The number of nitrogens with one attached hydrogen (secondary N) is 1. The van der Waals surface area contributed by atoms with Gasteiger partial charge in [-0.05, 0) is 25.0 Å². The number of hydrogen-bond acceptors (Lipinski definition) is 5. The fraction of sp³-hybridized carbons (Fsp3) is 0.381. The molecule has 1 saturated heterocycles. The van der Waals surface area contributed by atoms with E-state index < -0.39 is 0 Å². The highest BCUT2D eigenvalue weighted by atomic mass is 16.5. The van der Waals surface area contributed by atoms with Gasteiger partial charge in [0.05, 0.1) is 38.4 Å². The van der Waals surface area contributed by atoms with Crippen molar-refractivity contribution in [2.24, 2.45) is 0 Å². The second-order valence-corrected chi connectivity index (χ2v) is 6.93. The van der Waals surface area contributed by atoms with Crippen LogP contribution in [0.15, 0.2) is 36.4 Å². The lowest BCUT2D eigenvalue weighted by atomic mass is 10.1. The molecule has 2 amide bonds. The molecule has 0 bridgehead atoms. The number of amides is 2. The van der Waals surface area contributed by atoms with Gasteiger partial charge in [-0.25, -0.2) is 4.79 Å². The first-order valence-corrected chi connectivity index (χ1v) is 9.40. The number of hydrogen-bond donors (Lipinski definition) is 1. The number of anilines is 3. The van der Waals surface area contributed by atoms with E-state index in [1.807, 2.05) is 23.1 Å². The Hall–Kier alpha value is -3.09. The number of nitrogens with zero attached hydrogens (tertiary/aromatic N) is 2. The second-order valence-electron chi connectivity index (χ2n) is 6.93. The Morgan fingerprint density at radius 2 is 1.71 bits per heavy atom. The second kappa shape index (κ2) is 7.50. The number of urea groups is 1. The van der Waals surface area contributed by atoms with Gasteiger partial charge >= 0.3 is 6.03 Å². The lowest BCUT2D eigenvalue weighted by Crippen LogP contribution is -2.49. The van der Waals surface area contributed by atoms with E-state index in [2.05, 4.69) is 16.3 Å². The molecule has 0 saturated carbocycles. The highest BCUT2D eigenvalue weighted by Crippen LogP contribution is 2.41. The number of methoxy groups -OCH3 is 3. The molecule has 148 valence electrons. The molecule has 28 heavy (non-hydrogen) atoms. The van der Waals surface area contributed by atoms with Crippen LogP contribution in [-0.4, -0.2) is 46.5 Å². The Labute approximate surface area is 164 Å². The van der Waals surface area contributed by atoms with Crippen molar-refractivity contribution < 1.29 is 19.0 Å². The van der Waals surface area contributed by atoms with Crippen molar-refractivity contribution in [3.8, 4) is 17.2 Å². The van der Waals surface area contributed by atoms with E-state index in [1.165, 1.54) is 0 Å². The topological polar surface area (TPSA) is 63.3 Å². The van der Waals surface area contributed by atoms with Crippen LogP contribution in [0.5, 0.6) is 17.2 Å². The van der Waals surface area contributed by atoms with Crippen LogP contribution in [0.25, 0.3) is 0 Å². The molecule has 2 aliphatic heterocycles. The molecule has 7 heteroatoms. The van der Waals surface area contributed by atoms with Crippen LogP contribution in [0.2, 0.25) is 0 Å². The van der Waals surface area contributed by atoms with E-state index in [1.54, 1.807) is 33.5 Å². The van der Waals surface area contributed by atoms with E-state index in [-0.39, 0.29) is 6.03 Å². The maximum atomic E-state index is 13.2. The third-order valence-corrected chi connectivity index (χ3v) is 5.41. The molecule has 4 rings (SSSR count). The quantitative estimate of drug-likeness (QED) is 0.872. The maximum Gasteiger partial charge on any atom is 0.326 e. The molecule has 1 N–H and O–H groups in total. The van der Waals surface area contributed by atoms with E-state index in [0.29, 0.717) is 35.5 Å². The van der Waals surface area contributed by atoms with Gasteiger partial charge < -0.3 is 24.4 Å². The van der Waals surface area contributed by atoms with Crippen molar-refractivity contribution in [2.75, 3.05) is 49.5 Å². The number of carbonyl (C=O) groups is 1. The third-order valence-electron chi connectivity index (χ3n) is 5.41. The largest absolute Gasteiger partial charge is 0.493 e. The van der Waals surface area contributed by atoms with Crippen LogP contribution in [0.3, 0.4) is 0 Å². The number of benzene rings is 2. The van der Waals surface area contributed by atoms with Crippen LogP contribution < -0.4 is 29.3 Å². The van der Waals surface area contributed by atoms with Crippen molar-refractivity contribution in [1.82, 2.24) is 0 Å². The van der Waals surface area contributed by atoms with E-state index in [9.17, 15) is 4.79 Å². The number of para-hydroxylation sites is 2. The van der Waals surface area contributed by atoms with Crippen molar-refractivity contribution in [3.63, 3.8) is 0 Å². The normalized spacial score (nSPS) is 17.6. The molecule has 0 aliphatic carbocycles. The predicted molar refractivity (Wildman–Crippen MR) is 109 cm³/mol. The number of ether oxygens (including phenoxy) is 3. The van der Waals surface area contributed by atoms with Gasteiger partial charge in [0.2, 0.25) is 5.75 Å². The molecule has 1 unspecified atom stereocenters. The van der Waals surface area contributed by atoms with Gasteiger partial charge in [-0.2, -0.15) is 0 Å². The smallest absolute Gasteiger partial charge is 0.326 e. The van der Waals surface area contributed by atoms with E-state index in [4.69, 9.17) is 14.2 Å². The molecule has 7 nitrogen and oxygen atoms in total. The van der Waals surface area contributed by atoms with Crippen LogP contribution in [0.4, 0.5) is 21.9 Å². The molecule has 2 aliphatic rings. The zero-order valence-corrected chi connectivity index (χ0v) is 16.4. The van der Waals surface area contributed by atoms with Gasteiger partial charge in [-0.1, -0.05) is 12.1 Å². The molecule has 2 aromatic carbocycles. The maximum absolute atomic E-state index is 13.2. The monoisotopic (exact) mass is 383 g/mol. The van der Waals surface area contributed by atoms with Crippen LogP contribution in [-0.2, 0) is 0 Å². The predicted octanol–water partition coefficient (Wildman–Crippen LogP) is 3.73. The Bertz CT molecular complexity index is 861. The summed E-state index contributed by atoms with van der Waals surface area (Å²) < 4.78 is 16.1. The summed E-state index contributed by atoms with van der Waals surface area (Å²) in [7, 11) is 4.66. The lowest BCUT2D eigenvalue weighted by Gasteiger charge is -2.40. The highest BCUT2D eigenvalue weighted by molar-refractivity contribution is 6.05. The zero-order chi connectivity index (χ0) is 19.7. The van der Waals surface area contributed by atoms with Gasteiger partial charge in [0.25, 0.3) is 0 Å². The Morgan fingerprint density at radius 3 is 2.36 bits per heavy atom. The summed E-state index contributed by atoms with van der Waals surface area (Å²) in [6.07, 6.45) is 2.25. The van der Waals surface area contributed by atoms with Crippen LogP contribution in [0.1, 0.15) is 12.8 Å². The van der Waals surface area contributed by atoms with Crippen molar-refractivity contribution in [2.45, 2.75) is 18.9 Å². The van der Waals surface area contributed by atoms with E-state index in [0.717, 1.165) is 30.8 Å². The summed E-state index contributed by atoms with van der Waals surface area (Å²) >= 11 is 0. The summed E-state index contributed by atoms with van der Waals surface area (Å²) in [4.78, 5) is 17.4. The highest BCUT2D eigenvalue weighted by Gasteiger charge is 2.36. The van der Waals surface area contributed by atoms with Crippen molar-refractivity contribution >= 4 is 23.1 Å². The summed E-state index contributed by atoms with van der Waals surface area (Å²) in [6, 6.07) is 11.7. The molecule has 2 aromatic rings. The molecule has 1 atom stereocenters. The lowest BCUT2D eigenvalue weighted by molar-refractivity contribution is 0.256. The Morgan fingerprint density at radius 1 is 1.04 bits per heavy atom. The number of rotatable bonds is 4. The molecular formula is C21H25N3O4. The molecule has 0 spiro atoms. The molecule has 0 aromatic heterocycles. The van der Waals surface area contributed by atoms with Gasteiger partial charge in [0, 0.05) is 31.3 Å². The average molecular weight is 383 g/mol. The van der Waals surface area contributed by atoms with Crippen molar-refractivity contribution in [3.05, 3.63) is 36.4 Å². The summed E-state index contributed by atoms with van der Waals surface area (Å²) in [5.41, 5.74) is 2.65. The fourth-order valence-electron chi connectivity index (χ4n) is 4.12. The fourth-order valence-corrected chi connectivity index (χ4v) is 4.12. The van der Waals surface area contributed by atoms with Gasteiger partial charge in [0.15, 0.2) is 11.5 Å². The average Bonchev–Trinajstić information content (AvgIpc) is 3.21. The molecular weight excluding hydrogens is 358 g/mol. The van der Waals surface area contributed by atoms with E-state index >= 15 is 0 Å². The Kier molecular flexibility index (Phi) is 4.90. The molecule has 2 heterocycles. The minimum Gasteiger partial charge on any atom is -0.493 e. The van der Waals surface area contributed by atoms with Crippen LogP contribution >= 0.6 is 0 Å². The summed E-state index contributed by atoms with van der Waals surface area (Å²) in [6.45, 7) is 1.72. The zero-order valence-electron chi connectivity index (χ0n) is 16.4. The first kappa shape index (κ1) is 18.3. The van der Waals surface area contributed by atoms with Gasteiger partial charge in [-0.3, -0.25) is 4.90 Å². The van der Waals surface area contributed by atoms with Crippen LogP contribution in [0, 0.1) is 0 Å². The van der Waals surface area contributed by atoms with Gasteiger partial charge in [-0.15, -0.1) is 0 Å². The number of carbonyl (C=O) groups excluding carboxylic acids is 1. The Balaban J connectivity index is 1.63. The minimum atomic E-state index is -0.173. The van der Waals surface area contributed by atoms with Crippen molar-refractivity contribution in [1.29, 1.82) is 0 Å². The minimum absolute atomic E-state index is 0.173. The summed E-state index contributed by atoms with van der Waals surface area (Å²) in [5.74, 6) is 1.49. The van der Waals surface area contributed by atoms with Gasteiger partial charge in [0.1, 0.15) is 0 Å². The first-order valence-electron chi connectivity index (χ1n) is 9.40. The third kappa shape index (κ3) is 3.06. The standard InChI is InChI=1S/C21H25N3O4/c1-26-18-11-14(12-19(27-2)20(18)28-3)22-21(25)24-13-15-7-6-10-23(15)16-8-4-5-9-17(16)24/h4-5,8-9,11-12,15H,6-7,10,13H2,1-3H3,(H,22,25).